The average Bonchev–Trinajstić information content (AvgIpc) is 2.37. The van der Waals surface area contributed by atoms with Crippen molar-refractivity contribution < 1.29 is 0 Å². The highest BCUT2D eigenvalue weighted by Crippen LogP contribution is 2.07. The molecule has 50 valence electrons. The molecule has 0 saturated carbocycles. The Morgan fingerprint density at radius 1 is 1.89 bits per heavy atom. The summed E-state index contributed by atoms with van der Waals surface area (Å²) in [5, 5.41) is 0. The fraction of sp³-hybridized carbons (Fsp3) is 0.500. The predicted octanol–water partition coefficient (Wildman–Crippen LogP) is 0.472. The van der Waals surface area contributed by atoms with E-state index in [2.05, 4.69) is 16.9 Å². The van der Waals surface area contributed by atoms with Crippen LogP contribution in [-0.4, -0.2) is 16.5 Å². The molecule has 1 aromatic rings. The second-order valence-corrected chi connectivity index (χ2v) is 2.14. The summed E-state index contributed by atoms with van der Waals surface area (Å²) in [6.07, 6.45) is 3.47. The Morgan fingerprint density at radius 3 is 3.11 bits per heavy atom. The number of nitrogens with one attached hydrogen (secondary N) is 1. The Bertz CT molecular complexity index is 157. The minimum atomic E-state index is 0.396. The lowest BCUT2D eigenvalue weighted by molar-refractivity contribution is 0.751. The van der Waals surface area contributed by atoms with Crippen LogP contribution in [-0.2, 0) is 0 Å². The van der Waals surface area contributed by atoms with Gasteiger partial charge in [0, 0.05) is 24.4 Å². The molecule has 1 atom stereocenters. The lowest BCUT2D eigenvalue weighted by atomic mass is 10.1. The summed E-state index contributed by atoms with van der Waals surface area (Å²) in [6.45, 7) is 2.73. The van der Waals surface area contributed by atoms with Crippen LogP contribution in [0, 0.1) is 0 Å². The number of nitrogens with zero attached hydrogens (tertiary/aromatic N) is 1. The van der Waals surface area contributed by atoms with Crippen LogP contribution in [0.1, 0.15) is 18.5 Å². The zero-order chi connectivity index (χ0) is 6.69. The maximum Gasteiger partial charge on any atom is 0.0921 e. The van der Waals surface area contributed by atoms with E-state index in [9.17, 15) is 0 Å². The number of aromatic nitrogens is 2. The first-order valence-corrected chi connectivity index (χ1v) is 3.03. The van der Waals surface area contributed by atoms with Crippen molar-refractivity contribution in [1.29, 1.82) is 0 Å². The third-order valence-corrected chi connectivity index (χ3v) is 1.40. The predicted molar refractivity (Wildman–Crippen MR) is 36.1 cm³/mol. The molecule has 0 amide bonds. The Morgan fingerprint density at radius 2 is 2.67 bits per heavy atom. The summed E-state index contributed by atoms with van der Waals surface area (Å²) in [6, 6.07) is 0. The van der Waals surface area contributed by atoms with Gasteiger partial charge in [-0.05, 0) is 0 Å². The fourth-order valence-corrected chi connectivity index (χ4v) is 0.663. The van der Waals surface area contributed by atoms with Gasteiger partial charge in [-0.15, -0.1) is 0 Å². The van der Waals surface area contributed by atoms with Crippen molar-refractivity contribution in [3.8, 4) is 0 Å². The third kappa shape index (κ3) is 1.29. The second-order valence-electron chi connectivity index (χ2n) is 2.14. The van der Waals surface area contributed by atoms with Crippen molar-refractivity contribution in [2.45, 2.75) is 12.8 Å². The van der Waals surface area contributed by atoms with Crippen LogP contribution in [0.3, 0.4) is 0 Å². The minimum absolute atomic E-state index is 0.396. The van der Waals surface area contributed by atoms with E-state index in [-0.39, 0.29) is 0 Å². The SMILES string of the molecule is C[C@H](CN)c1cnc[nH]1. The average molecular weight is 125 g/mol. The topological polar surface area (TPSA) is 54.7 Å². The zero-order valence-corrected chi connectivity index (χ0v) is 5.46. The van der Waals surface area contributed by atoms with Crippen LogP contribution < -0.4 is 5.73 Å². The lowest BCUT2D eigenvalue weighted by Gasteiger charge is -2.02. The highest BCUT2D eigenvalue weighted by molar-refractivity contribution is 5.01. The Labute approximate surface area is 54.3 Å². The highest BCUT2D eigenvalue weighted by Gasteiger charge is 2.01. The molecule has 0 aliphatic heterocycles. The summed E-state index contributed by atoms with van der Waals surface area (Å²) < 4.78 is 0. The van der Waals surface area contributed by atoms with Gasteiger partial charge in [0.15, 0.2) is 0 Å². The number of hydrogen-bond acceptors (Lipinski definition) is 2. The largest absolute Gasteiger partial charge is 0.348 e. The maximum atomic E-state index is 5.42. The Balaban J connectivity index is 2.65. The molecule has 0 spiro atoms. The highest BCUT2D eigenvalue weighted by atomic mass is 14.9. The van der Waals surface area contributed by atoms with Crippen molar-refractivity contribution in [1.82, 2.24) is 9.97 Å². The quantitative estimate of drug-likeness (QED) is 0.603. The van der Waals surface area contributed by atoms with E-state index in [1.165, 1.54) is 0 Å². The molecule has 3 heteroatoms. The van der Waals surface area contributed by atoms with Crippen molar-refractivity contribution in [2.75, 3.05) is 6.54 Å². The summed E-state index contributed by atoms with van der Waals surface area (Å²) >= 11 is 0. The molecule has 0 bridgehead atoms. The van der Waals surface area contributed by atoms with Gasteiger partial charge in [0.25, 0.3) is 0 Å². The van der Waals surface area contributed by atoms with E-state index < -0.39 is 0 Å². The Kier molecular flexibility index (Phi) is 1.85. The fourth-order valence-electron chi connectivity index (χ4n) is 0.663. The first-order chi connectivity index (χ1) is 4.34. The molecule has 1 rings (SSSR count). The van der Waals surface area contributed by atoms with Crippen LogP contribution in [0.2, 0.25) is 0 Å². The van der Waals surface area contributed by atoms with E-state index in [1.54, 1.807) is 12.5 Å². The molecule has 0 aliphatic rings. The van der Waals surface area contributed by atoms with Gasteiger partial charge in [-0.1, -0.05) is 6.92 Å². The summed E-state index contributed by atoms with van der Waals surface area (Å²) in [5.41, 5.74) is 6.52. The molecule has 0 aliphatic carbocycles. The van der Waals surface area contributed by atoms with E-state index in [4.69, 9.17) is 5.73 Å². The number of nitrogens with two attached hydrogens (primary N) is 1. The van der Waals surface area contributed by atoms with E-state index in [0.717, 1.165) is 5.69 Å². The van der Waals surface area contributed by atoms with Gasteiger partial charge in [-0.3, -0.25) is 0 Å². The van der Waals surface area contributed by atoms with Crippen LogP contribution in [0.4, 0.5) is 0 Å². The van der Waals surface area contributed by atoms with Crippen LogP contribution >= 0.6 is 0 Å². The van der Waals surface area contributed by atoms with Crippen molar-refractivity contribution in [2.24, 2.45) is 5.73 Å². The maximum absolute atomic E-state index is 5.42. The van der Waals surface area contributed by atoms with Crippen LogP contribution in [0.15, 0.2) is 12.5 Å². The van der Waals surface area contributed by atoms with Crippen LogP contribution in [0.5, 0.6) is 0 Å². The Hall–Kier alpha value is -0.830. The first kappa shape index (κ1) is 6.29. The zero-order valence-electron chi connectivity index (χ0n) is 5.46. The van der Waals surface area contributed by atoms with Gasteiger partial charge < -0.3 is 10.7 Å². The molecule has 3 N–H and O–H groups in total. The van der Waals surface area contributed by atoms with E-state index in [1.807, 2.05) is 0 Å². The summed E-state index contributed by atoms with van der Waals surface area (Å²) in [5.74, 6) is 0.396. The van der Waals surface area contributed by atoms with E-state index in [0.29, 0.717) is 12.5 Å². The number of hydrogen-bond donors (Lipinski definition) is 2. The third-order valence-electron chi connectivity index (χ3n) is 1.40. The van der Waals surface area contributed by atoms with Gasteiger partial charge in [-0.25, -0.2) is 4.98 Å². The molecule has 0 fully saturated rings. The molecule has 0 saturated heterocycles. The number of aromatic amines is 1. The van der Waals surface area contributed by atoms with Gasteiger partial charge in [0.1, 0.15) is 0 Å². The van der Waals surface area contributed by atoms with Gasteiger partial charge in [0.2, 0.25) is 0 Å². The molecule has 3 nitrogen and oxygen atoms in total. The molecule has 9 heavy (non-hydrogen) atoms. The molecule has 0 aromatic carbocycles. The van der Waals surface area contributed by atoms with Gasteiger partial charge >= 0.3 is 0 Å². The molecular weight excluding hydrogens is 114 g/mol. The summed E-state index contributed by atoms with van der Waals surface area (Å²) in [7, 11) is 0. The monoisotopic (exact) mass is 125 g/mol. The van der Waals surface area contributed by atoms with Crippen molar-refractivity contribution >= 4 is 0 Å². The number of H-pyrrole nitrogens is 1. The van der Waals surface area contributed by atoms with Crippen LogP contribution in [0.25, 0.3) is 0 Å². The molecule has 0 unspecified atom stereocenters. The first-order valence-electron chi connectivity index (χ1n) is 3.03. The second kappa shape index (κ2) is 2.64. The van der Waals surface area contributed by atoms with E-state index >= 15 is 0 Å². The van der Waals surface area contributed by atoms with Crippen molar-refractivity contribution in [3.63, 3.8) is 0 Å². The lowest BCUT2D eigenvalue weighted by Crippen LogP contribution is -2.08. The smallest absolute Gasteiger partial charge is 0.0921 e. The molecular formula is C6H11N3. The normalized spacial score (nSPS) is 13.6. The standard InChI is InChI=1S/C6H11N3/c1-5(2-7)6-3-8-4-9-6/h3-5H,2,7H2,1H3,(H,8,9)/t5-/m1/s1. The molecule has 1 heterocycles. The number of rotatable bonds is 2. The van der Waals surface area contributed by atoms with Crippen molar-refractivity contribution in [3.05, 3.63) is 18.2 Å². The molecule has 1 aromatic heterocycles. The van der Waals surface area contributed by atoms with Gasteiger partial charge in [-0.2, -0.15) is 0 Å². The minimum Gasteiger partial charge on any atom is -0.348 e. The number of imidazole rings is 1. The van der Waals surface area contributed by atoms with Gasteiger partial charge in [0.05, 0.1) is 6.33 Å². The summed E-state index contributed by atoms with van der Waals surface area (Å²) in [4.78, 5) is 6.88. The molecule has 0 radical (unpaired) electrons.